The van der Waals surface area contributed by atoms with Crippen molar-refractivity contribution in [3.63, 3.8) is 0 Å². The van der Waals surface area contributed by atoms with Gasteiger partial charge in [-0.05, 0) is 36.6 Å². The molecule has 3 aromatic rings. The molecule has 0 aliphatic rings. The molecule has 0 aliphatic heterocycles. The predicted octanol–water partition coefficient (Wildman–Crippen LogP) is 3.40. The van der Waals surface area contributed by atoms with E-state index in [0.29, 0.717) is 24.2 Å². The van der Waals surface area contributed by atoms with E-state index < -0.39 is 5.91 Å². The summed E-state index contributed by atoms with van der Waals surface area (Å²) in [6.07, 6.45) is 1.20. The van der Waals surface area contributed by atoms with Crippen LogP contribution in [-0.2, 0) is 17.8 Å². The van der Waals surface area contributed by atoms with Crippen LogP contribution >= 0.6 is 0 Å². The van der Waals surface area contributed by atoms with Gasteiger partial charge in [-0.3, -0.25) is 14.6 Å². The van der Waals surface area contributed by atoms with E-state index in [9.17, 15) is 9.59 Å². The Bertz CT molecular complexity index is 967. The van der Waals surface area contributed by atoms with Crippen LogP contribution in [0.4, 0.5) is 0 Å². The quantitative estimate of drug-likeness (QED) is 0.665. The van der Waals surface area contributed by atoms with Gasteiger partial charge >= 0.3 is 0 Å². The van der Waals surface area contributed by atoms with Gasteiger partial charge in [-0.2, -0.15) is 0 Å². The summed E-state index contributed by atoms with van der Waals surface area (Å²) in [5, 5.41) is 2.95. The lowest BCUT2D eigenvalue weighted by atomic mass is 10.1. The first kappa shape index (κ1) is 19.3. The van der Waals surface area contributed by atoms with Gasteiger partial charge in [0.05, 0.1) is 17.0 Å². The molecule has 3 N–H and O–H groups in total. The van der Waals surface area contributed by atoms with Gasteiger partial charge in [0.25, 0.3) is 5.91 Å². The van der Waals surface area contributed by atoms with Gasteiger partial charge in [-0.1, -0.05) is 54.6 Å². The number of aromatic nitrogens is 1. The van der Waals surface area contributed by atoms with Crippen LogP contribution in [0.15, 0.2) is 66.7 Å². The summed E-state index contributed by atoms with van der Waals surface area (Å²) in [5.74, 6) is -0.442. The monoisotopic (exact) mass is 373 g/mol. The van der Waals surface area contributed by atoms with Gasteiger partial charge in [0.15, 0.2) is 0 Å². The van der Waals surface area contributed by atoms with E-state index in [1.54, 1.807) is 19.1 Å². The third-order valence-corrected chi connectivity index (χ3v) is 4.57. The van der Waals surface area contributed by atoms with Crippen LogP contribution in [0.5, 0.6) is 0 Å². The van der Waals surface area contributed by atoms with E-state index in [2.05, 4.69) is 10.3 Å². The number of amides is 2. The number of hydrogen-bond acceptors (Lipinski definition) is 3. The summed E-state index contributed by atoms with van der Waals surface area (Å²) in [4.78, 5) is 27.8. The lowest BCUT2D eigenvalue weighted by Crippen LogP contribution is -2.22. The highest BCUT2D eigenvalue weighted by molar-refractivity contribution is 5.94. The zero-order valence-corrected chi connectivity index (χ0v) is 15.8. The number of nitrogens with one attached hydrogen (secondary N) is 1. The summed E-state index contributed by atoms with van der Waals surface area (Å²) in [7, 11) is 0. The second-order valence-electron chi connectivity index (χ2n) is 6.65. The molecular formula is C23H23N3O2. The molecule has 0 aliphatic carbocycles. The third kappa shape index (κ3) is 5.04. The SMILES string of the molecule is Cc1nc(-c2ccc(CNC(=O)CCc3ccccc3)cc2)ccc1C(N)=O. The lowest BCUT2D eigenvalue weighted by Gasteiger charge is -2.08. The van der Waals surface area contributed by atoms with Gasteiger partial charge in [-0.25, -0.2) is 0 Å². The number of nitrogens with zero attached hydrogens (tertiary/aromatic N) is 1. The minimum Gasteiger partial charge on any atom is -0.366 e. The Kier molecular flexibility index (Phi) is 6.17. The van der Waals surface area contributed by atoms with Crippen molar-refractivity contribution in [2.24, 2.45) is 5.73 Å². The number of nitrogens with two attached hydrogens (primary N) is 1. The van der Waals surface area contributed by atoms with E-state index in [1.165, 1.54) is 0 Å². The van der Waals surface area contributed by atoms with Gasteiger partial charge < -0.3 is 11.1 Å². The van der Waals surface area contributed by atoms with Gasteiger partial charge in [0.1, 0.15) is 0 Å². The molecule has 142 valence electrons. The van der Waals surface area contributed by atoms with Gasteiger partial charge in [-0.15, -0.1) is 0 Å². The molecule has 2 amide bonds. The molecule has 0 spiro atoms. The number of primary amides is 1. The molecule has 5 heteroatoms. The first-order valence-corrected chi connectivity index (χ1v) is 9.20. The zero-order chi connectivity index (χ0) is 19.9. The maximum atomic E-state index is 12.0. The minimum atomic E-state index is -0.477. The van der Waals surface area contributed by atoms with E-state index in [0.717, 1.165) is 28.8 Å². The topological polar surface area (TPSA) is 85.1 Å². The smallest absolute Gasteiger partial charge is 0.250 e. The van der Waals surface area contributed by atoms with E-state index >= 15 is 0 Å². The van der Waals surface area contributed by atoms with Crippen molar-refractivity contribution in [3.05, 3.63) is 89.1 Å². The Hall–Kier alpha value is -3.47. The maximum absolute atomic E-state index is 12.0. The number of carbonyl (C=O) groups is 2. The van der Waals surface area contributed by atoms with Crippen LogP contribution in [0.2, 0.25) is 0 Å². The first-order valence-electron chi connectivity index (χ1n) is 9.20. The van der Waals surface area contributed by atoms with Gasteiger partial charge in [0, 0.05) is 18.5 Å². The van der Waals surface area contributed by atoms with Crippen molar-refractivity contribution in [3.8, 4) is 11.3 Å². The summed E-state index contributed by atoms with van der Waals surface area (Å²) >= 11 is 0. The molecule has 1 aromatic heterocycles. The summed E-state index contributed by atoms with van der Waals surface area (Å²) in [5.41, 5.74) is 10.3. The third-order valence-electron chi connectivity index (χ3n) is 4.57. The maximum Gasteiger partial charge on any atom is 0.250 e. The molecule has 28 heavy (non-hydrogen) atoms. The Balaban J connectivity index is 1.55. The Morgan fingerprint density at radius 1 is 0.929 bits per heavy atom. The Labute approximate surface area is 164 Å². The molecule has 0 fully saturated rings. The zero-order valence-electron chi connectivity index (χ0n) is 15.8. The van der Waals surface area contributed by atoms with Crippen molar-refractivity contribution >= 4 is 11.8 Å². The number of hydrogen-bond donors (Lipinski definition) is 2. The van der Waals surface area contributed by atoms with Crippen molar-refractivity contribution in [1.82, 2.24) is 10.3 Å². The van der Waals surface area contributed by atoms with Crippen LogP contribution in [0.1, 0.15) is 33.6 Å². The largest absolute Gasteiger partial charge is 0.366 e. The molecule has 1 heterocycles. The normalized spacial score (nSPS) is 10.5. The first-order chi connectivity index (χ1) is 13.5. The van der Waals surface area contributed by atoms with Crippen molar-refractivity contribution < 1.29 is 9.59 Å². The highest BCUT2D eigenvalue weighted by Gasteiger charge is 2.08. The average Bonchev–Trinajstić information content (AvgIpc) is 2.71. The molecule has 2 aromatic carbocycles. The van der Waals surface area contributed by atoms with Crippen molar-refractivity contribution in [2.75, 3.05) is 0 Å². The molecule has 5 nitrogen and oxygen atoms in total. The van der Waals surface area contributed by atoms with Crippen LogP contribution < -0.4 is 11.1 Å². The number of benzene rings is 2. The molecule has 0 bridgehead atoms. The predicted molar refractivity (Wildman–Crippen MR) is 110 cm³/mol. The molecule has 0 atom stereocenters. The molecule has 0 unspecified atom stereocenters. The number of carbonyl (C=O) groups excluding carboxylic acids is 2. The van der Waals surface area contributed by atoms with Crippen LogP contribution in [0.25, 0.3) is 11.3 Å². The fraction of sp³-hybridized carbons (Fsp3) is 0.174. The fourth-order valence-corrected chi connectivity index (χ4v) is 2.97. The number of rotatable bonds is 7. The average molecular weight is 373 g/mol. The van der Waals surface area contributed by atoms with Crippen LogP contribution in [-0.4, -0.2) is 16.8 Å². The highest BCUT2D eigenvalue weighted by atomic mass is 16.1. The molecule has 0 saturated heterocycles. The van der Waals surface area contributed by atoms with Gasteiger partial charge in [0.2, 0.25) is 5.91 Å². The fourth-order valence-electron chi connectivity index (χ4n) is 2.97. The highest BCUT2D eigenvalue weighted by Crippen LogP contribution is 2.19. The Morgan fingerprint density at radius 3 is 2.29 bits per heavy atom. The van der Waals surface area contributed by atoms with E-state index in [-0.39, 0.29) is 5.91 Å². The van der Waals surface area contributed by atoms with Crippen molar-refractivity contribution in [1.29, 1.82) is 0 Å². The molecule has 0 radical (unpaired) electrons. The second-order valence-corrected chi connectivity index (χ2v) is 6.65. The summed E-state index contributed by atoms with van der Waals surface area (Å²) < 4.78 is 0. The minimum absolute atomic E-state index is 0.0345. The van der Waals surface area contributed by atoms with Crippen LogP contribution in [0.3, 0.4) is 0 Å². The Morgan fingerprint density at radius 2 is 1.64 bits per heavy atom. The summed E-state index contributed by atoms with van der Waals surface area (Å²) in [6.45, 7) is 2.25. The second kappa shape index (κ2) is 8.95. The standard InChI is InChI=1S/C23H23N3O2/c1-16-20(23(24)28)12-13-21(26-16)19-10-7-18(8-11-19)15-25-22(27)14-9-17-5-3-2-4-6-17/h2-8,10-13H,9,14-15H2,1H3,(H2,24,28)(H,25,27). The number of pyridine rings is 1. The van der Waals surface area contributed by atoms with Crippen molar-refractivity contribution in [2.45, 2.75) is 26.3 Å². The molecule has 3 rings (SSSR count). The van der Waals surface area contributed by atoms with E-state index in [4.69, 9.17) is 5.73 Å². The van der Waals surface area contributed by atoms with Crippen LogP contribution in [0, 0.1) is 6.92 Å². The molecule has 0 saturated carbocycles. The summed E-state index contributed by atoms with van der Waals surface area (Å²) in [6, 6.07) is 21.3. The van der Waals surface area contributed by atoms with E-state index in [1.807, 2.05) is 54.6 Å². The lowest BCUT2D eigenvalue weighted by molar-refractivity contribution is -0.121. The number of aryl methyl sites for hydroxylation is 2. The molecular weight excluding hydrogens is 350 g/mol.